The number of aryl methyl sites for hydroxylation is 1. The van der Waals surface area contributed by atoms with E-state index in [0.29, 0.717) is 11.3 Å². The molecule has 2 aromatic rings. The van der Waals surface area contributed by atoms with Gasteiger partial charge in [0.25, 0.3) is 10.0 Å². The van der Waals surface area contributed by atoms with Gasteiger partial charge in [-0.3, -0.25) is 10.1 Å². The Morgan fingerprint density at radius 3 is 2.60 bits per heavy atom. The highest BCUT2D eigenvalue weighted by atomic mass is 32.2. The lowest BCUT2D eigenvalue weighted by Gasteiger charge is -2.16. The van der Waals surface area contributed by atoms with Crippen molar-refractivity contribution in [3.63, 3.8) is 0 Å². The summed E-state index contributed by atoms with van der Waals surface area (Å²) in [5.74, 6) is 0. The molecule has 0 fully saturated rings. The van der Waals surface area contributed by atoms with E-state index in [9.17, 15) is 13.5 Å². The van der Waals surface area contributed by atoms with Crippen LogP contribution in [0.3, 0.4) is 0 Å². The van der Waals surface area contributed by atoms with Crippen LogP contribution in [0.5, 0.6) is 0 Å². The number of nitrogens with zero attached hydrogens (tertiary/aromatic N) is 3. The van der Waals surface area contributed by atoms with Crippen molar-refractivity contribution < 1.29 is 13.5 Å². The van der Waals surface area contributed by atoms with Gasteiger partial charge in [-0.2, -0.15) is 9.40 Å². The second-order valence-electron chi connectivity index (χ2n) is 4.41. The molecule has 0 saturated heterocycles. The summed E-state index contributed by atoms with van der Waals surface area (Å²) in [6, 6.07) is 3.49. The van der Waals surface area contributed by atoms with Crippen molar-refractivity contribution >= 4 is 10.0 Å². The molecular weight excluding hydrogens is 280 g/mol. The maximum Gasteiger partial charge on any atom is 0.262 e. The zero-order valence-corrected chi connectivity index (χ0v) is 12.1. The number of aromatic nitrogens is 3. The van der Waals surface area contributed by atoms with Gasteiger partial charge in [0.15, 0.2) is 5.03 Å². The first kappa shape index (κ1) is 14.6. The molecule has 0 spiro atoms. The highest BCUT2D eigenvalue weighted by Crippen LogP contribution is 2.20. The Hall–Kier alpha value is -1.77. The smallest absolute Gasteiger partial charge is 0.262 e. The van der Waals surface area contributed by atoms with E-state index in [1.54, 1.807) is 31.5 Å². The van der Waals surface area contributed by atoms with Gasteiger partial charge in [0, 0.05) is 37.2 Å². The summed E-state index contributed by atoms with van der Waals surface area (Å²) in [5, 5.41) is 15.5. The topological polar surface area (TPSA) is 99.2 Å². The molecule has 0 aliphatic carbocycles. The molecule has 20 heavy (non-hydrogen) atoms. The number of hydrogen-bond donors (Lipinski definition) is 2. The molecule has 0 aliphatic rings. The summed E-state index contributed by atoms with van der Waals surface area (Å²) in [5.41, 5.74) is 1.67. The number of nitrogens with one attached hydrogen (secondary N) is 1. The van der Waals surface area contributed by atoms with Gasteiger partial charge in [0.05, 0.1) is 6.61 Å². The molecule has 0 aromatic carbocycles. The maximum absolute atomic E-state index is 12.4. The molecule has 0 bridgehead atoms. The molecule has 0 aliphatic heterocycles. The van der Waals surface area contributed by atoms with Crippen LogP contribution in [0.15, 0.2) is 29.6 Å². The van der Waals surface area contributed by atoms with Crippen LogP contribution in [0.25, 0.3) is 0 Å². The molecule has 2 N–H and O–H groups in total. The van der Waals surface area contributed by atoms with Crippen LogP contribution in [0, 0.1) is 6.92 Å². The van der Waals surface area contributed by atoms with Crippen LogP contribution in [0.2, 0.25) is 0 Å². The number of rotatable bonds is 5. The van der Waals surface area contributed by atoms with E-state index in [1.165, 1.54) is 11.4 Å². The summed E-state index contributed by atoms with van der Waals surface area (Å²) in [7, 11) is -2.28. The van der Waals surface area contributed by atoms with E-state index in [-0.39, 0.29) is 18.2 Å². The summed E-state index contributed by atoms with van der Waals surface area (Å²) in [6.45, 7) is 1.50. The molecule has 2 rings (SSSR count). The minimum absolute atomic E-state index is 0.131. The number of H-pyrrole nitrogens is 1. The fourth-order valence-corrected chi connectivity index (χ4v) is 3.11. The second kappa shape index (κ2) is 5.70. The highest BCUT2D eigenvalue weighted by molar-refractivity contribution is 7.89. The number of hydrogen-bond acceptors (Lipinski definition) is 5. The molecule has 0 radical (unpaired) electrons. The van der Waals surface area contributed by atoms with E-state index in [1.807, 2.05) is 0 Å². The lowest BCUT2D eigenvalue weighted by Crippen LogP contribution is -2.27. The fourth-order valence-electron chi connectivity index (χ4n) is 1.81. The SMILES string of the molecule is Cc1[nH]nc(S(=O)(=O)N(C)Cc2ccncc2)c1CO. The standard InChI is InChI=1S/C12H16N4O3S/c1-9-11(8-17)12(15-14-9)20(18,19)16(2)7-10-3-5-13-6-4-10/h3-6,17H,7-8H2,1-2H3,(H,14,15). The van der Waals surface area contributed by atoms with E-state index in [4.69, 9.17) is 0 Å². The van der Waals surface area contributed by atoms with E-state index < -0.39 is 10.0 Å². The van der Waals surface area contributed by atoms with Crippen molar-refractivity contribution in [2.45, 2.75) is 25.1 Å². The maximum atomic E-state index is 12.4. The van der Waals surface area contributed by atoms with Gasteiger partial charge in [-0.1, -0.05) is 0 Å². The number of aliphatic hydroxyl groups is 1. The Morgan fingerprint density at radius 1 is 1.35 bits per heavy atom. The number of aliphatic hydroxyl groups excluding tert-OH is 1. The van der Waals surface area contributed by atoms with Crippen LogP contribution in [-0.2, 0) is 23.2 Å². The monoisotopic (exact) mass is 296 g/mol. The first-order valence-electron chi connectivity index (χ1n) is 5.96. The normalized spacial score (nSPS) is 12.0. The van der Waals surface area contributed by atoms with Crippen LogP contribution in [0.4, 0.5) is 0 Å². The van der Waals surface area contributed by atoms with E-state index in [2.05, 4.69) is 15.2 Å². The zero-order valence-electron chi connectivity index (χ0n) is 11.2. The van der Waals surface area contributed by atoms with Crippen molar-refractivity contribution in [2.24, 2.45) is 0 Å². The Morgan fingerprint density at radius 2 is 2.00 bits per heavy atom. The van der Waals surface area contributed by atoms with Crippen molar-refractivity contribution in [3.8, 4) is 0 Å². The van der Waals surface area contributed by atoms with Gasteiger partial charge in [-0.25, -0.2) is 8.42 Å². The summed E-state index contributed by atoms with van der Waals surface area (Å²) >= 11 is 0. The van der Waals surface area contributed by atoms with Gasteiger partial charge in [-0.15, -0.1) is 0 Å². The molecular formula is C12H16N4O3S. The van der Waals surface area contributed by atoms with Crippen molar-refractivity contribution in [1.82, 2.24) is 19.5 Å². The Balaban J connectivity index is 2.30. The molecule has 0 unspecified atom stereocenters. The minimum Gasteiger partial charge on any atom is -0.392 e. The molecule has 8 heteroatoms. The number of sulfonamides is 1. The highest BCUT2D eigenvalue weighted by Gasteiger charge is 2.27. The molecule has 0 amide bonds. The number of aromatic amines is 1. The zero-order chi connectivity index (χ0) is 14.8. The van der Waals surface area contributed by atoms with Gasteiger partial charge in [0.1, 0.15) is 0 Å². The van der Waals surface area contributed by atoms with Gasteiger partial charge in [0.2, 0.25) is 0 Å². The first-order valence-corrected chi connectivity index (χ1v) is 7.40. The largest absolute Gasteiger partial charge is 0.392 e. The van der Waals surface area contributed by atoms with Crippen LogP contribution in [-0.4, -0.2) is 40.1 Å². The Labute approximate surface area is 117 Å². The van der Waals surface area contributed by atoms with Crippen molar-refractivity contribution in [2.75, 3.05) is 7.05 Å². The third-order valence-corrected chi connectivity index (χ3v) is 4.78. The predicted molar refractivity (Wildman–Crippen MR) is 72.1 cm³/mol. The molecule has 2 heterocycles. The third-order valence-electron chi connectivity index (χ3n) is 3.00. The van der Waals surface area contributed by atoms with Gasteiger partial charge in [-0.05, 0) is 24.6 Å². The number of pyridine rings is 1. The third kappa shape index (κ3) is 2.72. The molecule has 0 saturated carbocycles. The average molecular weight is 296 g/mol. The fraction of sp³-hybridized carbons (Fsp3) is 0.333. The molecule has 108 valence electrons. The van der Waals surface area contributed by atoms with Crippen molar-refractivity contribution in [3.05, 3.63) is 41.3 Å². The average Bonchev–Trinajstić information content (AvgIpc) is 2.81. The second-order valence-corrected chi connectivity index (χ2v) is 6.37. The Bertz CT molecular complexity index is 682. The van der Waals surface area contributed by atoms with Crippen LogP contribution < -0.4 is 0 Å². The summed E-state index contributed by atoms with van der Waals surface area (Å²) in [4.78, 5) is 3.89. The Kier molecular flexibility index (Phi) is 4.17. The molecule has 2 aromatic heterocycles. The van der Waals surface area contributed by atoms with E-state index >= 15 is 0 Å². The minimum atomic E-state index is -3.75. The van der Waals surface area contributed by atoms with Crippen molar-refractivity contribution in [1.29, 1.82) is 0 Å². The first-order chi connectivity index (χ1) is 9.46. The summed E-state index contributed by atoms with van der Waals surface area (Å²) in [6.07, 6.45) is 3.21. The van der Waals surface area contributed by atoms with Gasteiger partial charge < -0.3 is 5.11 Å². The van der Waals surface area contributed by atoms with Gasteiger partial charge >= 0.3 is 0 Å². The van der Waals surface area contributed by atoms with Crippen LogP contribution in [0.1, 0.15) is 16.8 Å². The lowest BCUT2D eigenvalue weighted by molar-refractivity contribution is 0.277. The summed E-state index contributed by atoms with van der Waals surface area (Å²) < 4.78 is 26.1. The molecule has 0 atom stereocenters. The predicted octanol–water partition coefficient (Wildman–Crippen LogP) is 0.426. The van der Waals surface area contributed by atoms with E-state index in [0.717, 1.165) is 5.56 Å². The quantitative estimate of drug-likeness (QED) is 0.833. The lowest BCUT2D eigenvalue weighted by atomic mass is 10.3. The van der Waals surface area contributed by atoms with Crippen LogP contribution >= 0.6 is 0 Å². The molecule has 7 nitrogen and oxygen atoms in total.